The van der Waals surface area contributed by atoms with Crippen LogP contribution in [0.15, 0.2) is 54.9 Å². The van der Waals surface area contributed by atoms with Gasteiger partial charge in [-0.05, 0) is 57.2 Å². The highest BCUT2D eigenvalue weighted by atomic mass is 35.5. The number of nitrogens with one attached hydrogen (secondary N) is 2. The minimum absolute atomic E-state index is 0.0347. The normalized spacial score (nSPS) is 13.7. The van der Waals surface area contributed by atoms with Crippen molar-refractivity contribution in [3.63, 3.8) is 0 Å². The first-order valence-corrected chi connectivity index (χ1v) is 14.1. The Labute approximate surface area is 253 Å². The Morgan fingerprint density at radius 3 is 2.49 bits per heavy atom. The number of amides is 3. The van der Waals surface area contributed by atoms with Crippen LogP contribution in [0, 0.1) is 0 Å². The Kier molecular flexibility index (Phi) is 10.4. The number of anilines is 2. The summed E-state index contributed by atoms with van der Waals surface area (Å²) < 4.78 is 29.9. The molecule has 0 aliphatic carbocycles. The van der Waals surface area contributed by atoms with Crippen LogP contribution in [0.2, 0.25) is 5.02 Å². The monoisotopic (exact) mass is 613 g/mol. The predicted molar refractivity (Wildman–Crippen MR) is 159 cm³/mol. The van der Waals surface area contributed by atoms with E-state index in [9.17, 15) is 18.8 Å². The first-order valence-electron chi connectivity index (χ1n) is 13.7. The molecule has 1 aromatic carbocycles. The van der Waals surface area contributed by atoms with Crippen molar-refractivity contribution in [2.24, 2.45) is 0 Å². The van der Waals surface area contributed by atoms with Crippen molar-refractivity contribution in [2.75, 3.05) is 37.0 Å². The van der Waals surface area contributed by atoms with E-state index in [0.717, 1.165) is 0 Å². The van der Waals surface area contributed by atoms with Crippen molar-refractivity contribution in [3.8, 4) is 11.5 Å². The number of pyridine rings is 2. The molecular formula is C30H33ClFN5O6. The molecule has 1 aliphatic heterocycles. The number of halogens is 2. The van der Waals surface area contributed by atoms with Gasteiger partial charge in [0.2, 0.25) is 0 Å². The van der Waals surface area contributed by atoms with Gasteiger partial charge in [0, 0.05) is 44.4 Å². The van der Waals surface area contributed by atoms with Crippen LogP contribution in [0.1, 0.15) is 54.5 Å². The number of hydrogen-bond donors (Lipinski definition) is 2. The van der Waals surface area contributed by atoms with E-state index in [1.807, 2.05) is 20.8 Å². The van der Waals surface area contributed by atoms with Crippen LogP contribution in [0.25, 0.3) is 0 Å². The van der Waals surface area contributed by atoms with E-state index < -0.39 is 30.2 Å². The van der Waals surface area contributed by atoms with E-state index in [0.29, 0.717) is 36.7 Å². The number of nitrogens with zero attached hydrogens (tertiary/aromatic N) is 3. The Bertz CT molecular complexity index is 1440. The number of piperidine rings is 1. The van der Waals surface area contributed by atoms with Gasteiger partial charge in [-0.1, -0.05) is 11.6 Å². The molecule has 2 N–H and O–H groups in total. The number of hydrogen-bond acceptors (Lipinski definition) is 8. The third-order valence-corrected chi connectivity index (χ3v) is 6.39. The van der Waals surface area contributed by atoms with Gasteiger partial charge in [-0.2, -0.15) is 0 Å². The molecule has 0 unspecified atom stereocenters. The highest BCUT2D eigenvalue weighted by molar-refractivity contribution is 6.30. The molecule has 43 heavy (non-hydrogen) atoms. The summed E-state index contributed by atoms with van der Waals surface area (Å²) in [5.74, 6) is -0.356. The second-order valence-electron chi connectivity index (χ2n) is 10.6. The fourth-order valence-electron chi connectivity index (χ4n) is 4.20. The van der Waals surface area contributed by atoms with Gasteiger partial charge in [0.05, 0.1) is 16.3 Å². The molecular weight excluding hydrogens is 581 g/mol. The lowest BCUT2D eigenvalue weighted by atomic mass is 10.1. The number of carbonyl (C=O) groups excluding carboxylic acids is 3. The topological polar surface area (TPSA) is 132 Å². The third kappa shape index (κ3) is 9.02. The molecule has 3 aromatic rings. The molecule has 3 amide bonds. The van der Waals surface area contributed by atoms with Crippen molar-refractivity contribution in [3.05, 3.63) is 71.1 Å². The second-order valence-corrected chi connectivity index (χ2v) is 11.1. The van der Waals surface area contributed by atoms with Crippen LogP contribution in [-0.2, 0) is 4.74 Å². The maximum absolute atomic E-state index is 13.5. The van der Waals surface area contributed by atoms with E-state index >= 15 is 0 Å². The molecule has 13 heteroatoms. The molecule has 0 radical (unpaired) electrons. The van der Waals surface area contributed by atoms with Crippen molar-refractivity contribution < 1.29 is 33.0 Å². The van der Waals surface area contributed by atoms with Crippen molar-refractivity contribution in [2.45, 2.75) is 45.3 Å². The van der Waals surface area contributed by atoms with Gasteiger partial charge in [0.1, 0.15) is 42.3 Å². The van der Waals surface area contributed by atoms with Gasteiger partial charge < -0.3 is 29.7 Å². The SMILES string of the molecule is CC(C)(C)OC(=O)N1CCC(Oc2cc(OCCF)ccc2C(=O)Nc2cccnc2C(=O)Nc2ccc(Cl)cn2)CC1. The summed E-state index contributed by atoms with van der Waals surface area (Å²) in [7, 11) is 0. The standard InChI is InChI=1S/C30H33ClFN5O6/c1-30(2,3)43-29(40)37-14-10-20(11-15-37)42-24-17-21(41-16-12-32)7-8-22(24)27(38)35-23-5-4-13-33-26(23)28(39)36-25-9-6-19(31)18-34-25/h4-9,13,17-18,20H,10-12,14-16H2,1-3H3,(H,35,38)(H,34,36,39). The zero-order valence-electron chi connectivity index (χ0n) is 24.1. The Morgan fingerprint density at radius 2 is 1.81 bits per heavy atom. The molecule has 3 heterocycles. The molecule has 4 rings (SSSR count). The number of rotatable bonds is 9. The molecule has 1 saturated heterocycles. The number of alkyl halides is 1. The van der Waals surface area contributed by atoms with Crippen molar-refractivity contribution in [1.82, 2.24) is 14.9 Å². The predicted octanol–water partition coefficient (Wildman–Crippen LogP) is 5.76. The zero-order chi connectivity index (χ0) is 31.0. The Hall–Kier alpha value is -4.45. The largest absolute Gasteiger partial charge is 0.491 e. The fraction of sp³-hybridized carbons (Fsp3) is 0.367. The van der Waals surface area contributed by atoms with E-state index in [-0.39, 0.29) is 41.2 Å². The number of ether oxygens (including phenoxy) is 3. The van der Waals surface area contributed by atoms with Crippen molar-refractivity contribution >= 4 is 41.0 Å². The molecule has 11 nitrogen and oxygen atoms in total. The summed E-state index contributed by atoms with van der Waals surface area (Å²) in [6.45, 7) is 5.41. The van der Waals surface area contributed by atoms with Crippen LogP contribution in [-0.4, -0.2) is 70.9 Å². The number of likely N-dealkylation sites (tertiary alicyclic amines) is 1. The van der Waals surface area contributed by atoms with Gasteiger partial charge in [-0.3, -0.25) is 9.59 Å². The zero-order valence-corrected chi connectivity index (χ0v) is 24.8. The Balaban J connectivity index is 1.49. The second kappa shape index (κ2) is 14.1. The number of aromatic nitrogens is 2. The van der Waals surface area contributed by atoms with E-state index in [4.69, 9.17) is 25.8 Å². The molecule has 228 valence electrons. The molecule has 1 aliphatic rings. The van der Waals surface area contributed by atoms with Gasteiger partial charge in [-0.15, -0.1) is 0 Å². The summed E-state index contributed by atoms with van der Waals surface area (Å²) in [6, 6.07) is 10.8. The minimum atomic E-state index is -0.682. The van der Waals surface area contributed by atoms with Crippen LogP contribution < -0.4 is 20.1 Å². The lowest BCUT2D eigenvalue weighted by molar-refractivity contribution is 0.0126. The summed E-state index contributed by atoms with van der Waals surface area (Å²) >= 11 is 5.86. The third-order valence-electron chi connectivity index (χ3n) is 6.17. The maximum Gasteiger partial charge on any atom is 0.410 e. The fourth-order valence-corrected chi connectivity index (χ4v) is 4.31. The highest BCUT2D eigenvalue weighted by Crippen LogP contribution is 2.30. The van der Waals surface area contributed by atoms with E-state index in [1.165, 1.54) is 36.7 Å². The summed E-state index contributed by atoms with van der Waals surface area (Å²) in [5, 5.41) is 5.77. The minimum Gasteiger partial charge on any atom is -0.491 e. The van der Waals surface area contributed by atoms with Gasteiger partial charge in [0.15, 0.2) is 5.69 Å². The molecule has 0 atom stereocenters. The maximum atomic E-state index is 13.5. The average molecular weight is 614 g/mol. The first-order chi connectivity index (χ1) is 20.5. The van der Waals surface area contributed by atoms with E-state index in [1.54, 1.807) is 23.1 Å². The van der Waals surface area contributed by atoms with E-state index in [2.05, 4.69) is 20.6 Å². The van der Waals surface area contributed by atoms with Crippen LogP contribution in [0.4, 0.5) is 20.7 Å². The van der Waals surface area contributed by atoms with Crippen LogP contribution in [0.3, 0.4) is 0 Å². The van der Waals surface area contributed by atoms with Gasteiger partial charge in [-0.25, -0.2) is 19.2 Å². The summed E-state index contributed by atoms with van der Waals surface area (Å²) in [4.78, 5) is 48.7. The smallest absolute Gasteiger partial charge is 0.410 e. The average Bonchev–Trinajstić information content (AvgIpc) is 2.97. The highest BCUT2D eigenvalue weighted by Gasteiger charge is 2.29. The molecule has 0 spiro atoms. The molecule has 0 saturated carbocycles. The van der Waals surface area contributed by atoms with Crippen molar-refractivity contribution in [1.29, 1.82) is 0 Å². The summed E-state index contributed by atoms with van der Waals surface area (Å²) in [5.41, 5.74) is -0.313. The number of carbonyl (C=O) groups is 3. The van der Waals surface area contributed by atoms with Gasteiger partial charge in [0.25, 0.3) is 11.8 Å². The lowest BCUT2D eigenvalue weighted by Gasteiger charge is -2.33. The quantitative estimate of drug-likeness (QED) is 0.311. The van der Waals surface area contributed by atoms with Gasteiger partial charge >= 0.3 is 6.09 Å². The molecule has 1 fully saturated rings. The Morgan fingerprint density at radius 1 is 1.05 bits per heavy atom. The lowest BCUT2D eigenvalue weighted by Crippen LogP contribution is -2.44. The molecule has 2 aromatic heterocycles. The summed E-state index contributed by atoms with van der Waals surface area (Å²) in [6.07, 6.45) is 3.12. The number of benzene rings is 1. The first kappa shape index (κ1) is 31.5. The van der Waals surface area contributed by atoms with Crippen LogP contribution in [0.5, 0.6) is 11.5 Å². The molecule has 0 bridgehead atoms. The van der Waals surface area contributed by atoms with Crippen LogP contribution >= 0.6 is 11.6 Å².